The molecule has 1 heterocycles. The number of alkyl halides is 3. The predicted molar refractivity (Wildman–Crippen MR) is 132 cm³/mol. The number of rotatable bonds is 4. The van der Waals surface area contributed by atoms with Gasteiger partial charge in [0.05, 0.1) is 34.3 Å². The number of nitrogens with zero attached hydrogens (tertiary/aromatic N) is 3. The van der Waals surface area contributed by atoms with E-state index in [0.29, 0.717) is 16.4 Å². The first kappa shape index (κ1) is 26.8. The maximum atomic E-state index is 15.1. The van der Waals surface area contributed by atoms with Crippen LogP contribution < -0.4 is 4.90 Å². The van der Waals surface area contributed by atoms with Crippen LogP contribution in [0.5, 0.6) is 0 Å². The lowest BCUT2D eigenvalue weighted by molar-refractivity contribution is -0.138. The number of hydrogen-bond acceptors (Lipinski definition) is 5. The number of amides is 1. The van der Waals surface area contributed by atoms with Crippen LogP contribution in [0.4, 0.5) is 23.2 Å². The fraction of sp³-hybridized carbons (Fsp3) is 0.154. The van der Waals surface area contributed by atoms with Gasteiger partial charge in [0, 0.05) is 30.6 Å². The number of methoxy groups -OCH3 is 1. The van der Waals surface area contributed by atoms with E-state index < -0.39 is 40.0 Å². The number of ether oxygens (including phenoxy) is 1. The molecule has 196 valence electrons. The fourth-order valence-electron chi connectivity index (χ4n) is 3.88. The molecule has 0 aliphatic rings. The molecular weight excluding hydrogens is 530 g/mol. The number of esters is 1. The molecule has 1 aromatic heterocycles. The summed E-state index contributed by atoms with van der Waals surface area (Å²) in [6.07, 6.45) is -4.91. The van der Waals surface area contributed by atoms with E-state index in [-0.39, 0.29) is 33.6 Å². The molecule has 12 heteroatoms. The average molecular weight is 548 g/mol. The largest absolute Gasteiger partial charge is 0.465 e. The van der Waals surface area contributed by atoms with Gasteiger partial charge < -0.3 is 9.64 Å². The summed E-state index contributed by atoms with van der Waals surface area (Å²) >= 11 is 6.05. The van der Waals surface area contributed by atoms with Crippen LogP contribution in [0.2, 0.25) is 5.02 Å². The third kappa shape index (κ3) is 4.72. The molecular formula is C26H18ClF4N3O4. The maximum Gasteiger partial charge on any atom is 0.417 e. The van der Waals surface area contributed by atoms with E-state index in [1.807, 2.05) is 0 Å². The Balaban J connectivity index is 2.00. The van der Waals surface area contributed by atoms with Crippen molar-refractivity contribution < 1.29 is 36.7 Å². The lowest BCUT2D eigenvalue weighted by Gasteiger charge is -2.16. The molecule has 1 amide bonds. The van der Waals surface area contributed by atoms with Crippen LogP contribution in [-0.4, -0.2) is 41.7 Å². The summed E-state index contributed by atoms with van der Waals surface area (Å²) in [5, 5.41) is 3.92. The molecule has 0 saturated carbocycles. The SMILES string of the molecule is COC(=O)c1ccc(-c2nn(C(=O)c3c(Cl)cccc3C(F)(F)F)c3cc(N(C)C(C)=O)ccc23)c(F)c1. The van der Waals surface area contributed by atoms with Crippen molar-refractivity contribution in [1.82, 2.24) is 9.78 Å². The minimum atomic E-state index is -4.91. The monoisotopic (exact) mass is 547 g/mol. The van der Waals surface area contributed by atoms with Gasteiger partial charge >= 0.3 is 12.1 Å². The molecule has 0 atom stereocenters. The Labute approximate surface area is 218 Å². The van der Waals surface area contributed by atoms with E-state index in [9.17, 15) is 27.6 Å². The first-order chi connectivity index (χ1) is 17.8. The predicted octanol–water partition coefficient (Wildman–Crippen LogP) is 5.97. The lowest BCUT2D eigenvalue weighted by Crippen LogP contribution is -2.23. The highest BCUT2D eigenvalue weighted by molar-refractivity contribution is 6.34. The van der Waals surface area contributed by atoms with Crippen molar-refractivity contribution in [3.8, 4) is 11.3 Å². The quantitative estimate of drug-likeness (QED) is 0.232. The molecule has 4 aromatic rings. The average Bonchev–Trinajstić information content (AvgIpc) is 3.25. The second-order valence-electron chi connectivity index (χ2n) is 8.19. The Morgan fingerprint density at radius 3 is 2.37 bits per heavy atom. The van der Waals surface area contributed by atoms with Gasteiger partial charge in [-0.3, -0.25) is 9.59 Å². The van der Waals surface area contributed by atoms with Crippen LogP contribution in [0.25, 0.3) is 22.2 Å². The second kappa shape index (κ2) is 9.90. The topological polar surface area (TPSA) is 81.5 Å². The van der Waals surface area contributed by atoms with Gasteiger partial charge in [0.25, 0.3) is 5.91 Å². The molecule has 0 aliphatic carbocycles. The Morgan fingerprint density at radius 1 is 1.05 bits per heavy atom. The number of anilines is 1. The molecule has 7 nitrogen and oxygen atoms in total. The Hall–Kier alpha value is -4.25. The zero-order valence-electron chi connectivity index (χ0n) is 20.1. The van der Waals surface area contributed by atoms with Gasteiger partial charge in [0.1, 0.15) is 11.5 Å². The van der Waals surface area contributed by atoms with Crippen molar-refractivity contribution in [3.05, 3.63) is 82.1 Å². The minimum absolute atomic E-state index is 0.0000821. The molecule has 0 unspecified atom stereocenters. The van der Waals surface area contributed by atoms with E-state index in [0.717, 1.165) is 25.3 Å². The van der Waals surface area contributed by atoms with Gasteiger partial charge in [-0.25, -0.2) is 9.18 Å². The van der Waals surface area contributed by atoms with Crippen molar-refractivity contribution in [3.63, 3.8) is 0 Å². The van der Waals surface area contributed by atoms with Gasteiger partial charge in [-0.15, -0.1) is 0 Å². The van der Waals surface area contributed by atoms with Crippen molar-refractivity contribution in [1.29, 1.82) is 0 Å². The number of benzene rings is 3. The molecule has 0 spiro atoms. The van der Waals surface area contributed by atoms with E-state index in [2.05, 4.69) is 9.84 Å². The summed E-state index contributed by atoms with van der Waals surface area (Å²) in [6.45, 7) is 1.30. The molecule has 0 radical (unpaired) electrons. The molecule has 3 aromatic carbocycles. The van der Waals surface area contributed by atoms with E-state index >= 15 is 4.39 Å². The molecule has 38 heavy (non-hydrogen) atoms. The number of carbonyl (C=O) groups excluding carboxylic acids is 3. The van der Waals surface area contributed by atoms with Crippen LogP contribution in [0, 0.1) is 5.82 Å². The molecule has 0 aliphatic heterocycles. The molecule has 0 fully saturated rings. The highest BCUT2D eigenvalue weighted by Crippen LogP contribution is 2.37. The number of carbonyl (C=O) groups is 3. The smallest absolute Gasteiger partial charge is 0.417 e. The van der Waals surface area contributed by atoms with Crippen LogP contribution in [0.3, 0.4) is 0 Å². The summed E-state index contributed by atoms with van der Waals surface area (Å²) < 4.78 is 61.7. The lowest BCUT2D eigenvalue weighted by atomic mass is 10.0. The Morgan fingerprint density at radius 2 is 1.76 bits per heavy atom. The number of fused-ring (bicyclic) bond motifs is 1. The van der Waals surface area contributed by atoms with Gasteiger partial charge in [0.15, 0.2) is 0 Å². The zero-order valence-corrected chi connectivity index (χ0v) is 20.8. The third-order valence-electron chi connectivity index (χ3n) is 5.89. The summed E-state index contributed by atoms with van der Waals surface area (Å²) in [6, 6.07) is 10.7. The van der Waals surface area contributed by atoms with Crippen molar-refractivity contribution in [2.75, 3.05) is 19.1 Å². The number of halogens is 5. The Kier molecular flexibility index (Phi) is 6.98. The third-order valence-corrected chi connectivity index (χ3v) is 6.21. The normalized spacial score (nSPS) is 11.5. The van der Waals surface area contributed by atoms with Crippen LogP contribution in [0.1, 0.15) is 33.2 Å². The highest BCUT2D eigenvalue weighted by atomic mass is 35.5. The van der Waals surface area contributed by atoms with E-state index in [4.69, 9.17) is 11.6 Å². The summed E-state index contributed by atoms with van der Waals surface area (Å²) in [7, 11) is 2.60. The van der Waals surface area contributed by atoms with Crippen molar-refractivity contribution in [2.45, 2.75) is 13.1 Å². The Bertz CT molecular complexity index is 1610. The van der Waals surface area contributed by atoms with Gasteiger partial charge in [-0.05, 0) is 48.5 Å². The van der Waals surface area contributed by atoms with Crippen LogP contribution in [0.15, 0.2) is 54.6 Å². The first-order valence-electron chi connectivity index (χ1n) is 10.9. The van der Waals surface area contributed by atoms with Gasteiger partial charge in [0.2, 0.25) is 5.91 Å². The maximum absolute atomic E-state index is 15.1. The van der Waals surface area contributed by atoms with Crippen molar-refractivity contribution >= 4 is 46.0 Å². The number of aromatic nitrogens is 2. The molecule has 0 saturated heterocycles. The first-order valence-corrected chi connectivity index (χ1v) is 11.3. The van der Waals surface area contributed by atoms with E-state index in [1.165, 1.54) is 49.2 Å². The fourth-order valence-corrected chi connectivity index (χ4v) is 4.14. The van der Waals surface area contributed by atoms with Crippen molar-refractivity contribution in [2.24, 2.45) is 0 Å². The van der Waals surface area contributed by atoms with Crippen LogP contribution >= 0.6 is 11.6 Å². The van der Waals surface area contributed by atoms with Gasteiger partial charge in [-0.1, -0.05) is 17.7 Å². The van der Waals surface area contributed by atoms with Gasteiger partial charge in [-0.2, -0.15) is 23.0 Å². The number of hydrogen-bond donors (Lipinski definition) is 0. The molecule has 0 bridgehead atoms. The molecule has 4 rings (SSSR count). The summed E-state index contributed by atoms with van der Waals surface area (Å²) in [5.41, 5.74) is -2.10. The zero-order chi connectivity index (χ0) is 27.9. The second-order valence-corrected chi connectivity index (χ2v) is 8.60. The standard InChI is InChI=1S/C26H18ClF4N3O4/c1-13(35)33(2)15-8-10-17-21(12-15)34(24(36)22-18(26(29,30)31)5-4-6-19(22)27)32-23(17)16-9-7-14(11-20(16)28)25(37)38-3/h4-12H,1-3H3. The summed E-state index contributed by atoms with van der Waals surface area (Å²) in [5.74, 6) is -3.23. The van der Waals surface area contributed by atoms with E-state index in [1.54, 1.807) is 0 Å². The molecule has 0 N–H and O–H groups in total. The minimum Gasteiger partial charge on any atom is -0.465 e. The highest BCUT2D eigenvalue weighted by Gasteiger charge is 2.37. The summed E-state index contributed by atoms with van der Waals surface area (Å²) in [4.78, 5) is 38.5. The van der Waals surface area contributed by atoms with Crippen LogP contribution in [-0.2, 0) is 15.7 Å².